The van der Waals surface area contributed by atoms with Crippen molar-refractivity contribution in [2.45, 2.75) is 104 Å². The summed E-state index contributed by atoms with van der Waals surface area (Å²) < 4.78 is 23.5. The van der Waals surface area contributed by atoms with Gasteiger partial charge in [-0.25, -0.2) is 4.68 Å². The van der Waals surface area contributed by atoms with Crippen molar-refractivity contribution in [2.24, 2.45) is 0 Å². The zero-order valence-corrected chi connectivity index (χ0v) is 40.6. The van der Waals surface area contributed by atoms with E-state index < -0.39 is 29.4 Å². The monoisotopic (exact) mass is 990 g/mol. The molecule has 6 aromatic heterocycles. The van der Waals surface area contributed by atoms with Crippen LogP contribution in [0.1, 0.15) is 110 Å². The Bertz CT molecular complexity index is 3520. The number of aromatic nitrogens is 12. The number of nitrogens with zero attached hydrogens (tertiary/aromatic N) is 12. The van der Waals surface area contributed by atoms with Crippen LogP contribution in [0.3, 0.4) is 0 Å². The fourth-order valence-electron chi connectivity index (χ4n) is 8.18. The van der Waals surface area contributed by atoms with Gasteiger partial charge in [-0.2, -0.15) is 20.1 Å². The molecule has 0 saturated carbocycles. The highest BCUT2D eigenvalue weighted by atomic mass is 16.5. The first-order valence-corrected chi connectivity index (χ1v) is 23.7. The van der Waals surface area contributed by atoms with Crippen LogP contribution in [-0.4, -0.2) is 64.9 Å². The third-order valence-electron chi connectivity index (χ3n) is 12.5. The highest BCUT2D eigenvalue weighted by molar-refractivity contribution is 5.26. The van der Waals surface area contributed by atoms with Crippen LogP contribution in [-0.2, 0) is 58.4 Å². The molecule has 9 aromatic rings. The number of hydrogen-bond donors (Lipinski definition) is 3. The molecule has 0 amide bonds. The summed E-state index contributed by atoms with van der Waals surface area (Å²) in [6.45, 7) is 6.83. The molecule has 0 saturated heterocycles. The van der Waals surface area contributed by atoms with Crippen molar-refractivity contribution in [1.82, 2.24) is 49.6 Å². The summed E-state index contributed by atoms with van der Waals surface area (Å²) in [7, 11) is 0. The van der Waals surface area contributed by atoms with Crippen LogP contribution in [0.5, 0.6) is 0 Å². The number of aliphatic hydroxyl groups excluding tert-OH is 3. The average Bonchev–Trinajstić information content (AvgIpc) is 4.18. The van der Waals surface area contributed by atoms with Crippen molar-refractivity contribution in [3.05, 3.63) is 226 Å². The van der Waals surface area contributed by atoms with E-state index in [4.69, 9.17) is 13.6 Å². The zero-order valence-electron chi connectivity index (χ0n) is 40.6. The molecule has 9 rings (SSSR count). The minimum atomic E-state index is -1.11. The van der Waals surface area contributed by atoms with Gasteiger partial charge in [-0.15, -0.1) is 18.7 Å². The first-order chi connectivity index (χ1) is 35.3. The smallest absolute Gasteiger partial charge is 0.311 e. The second-order valence-corrected chi connectivity index (χ2v) is 18.0. The summed E-state index contributed by atoms with van der Waals surface area (Å²) in [5.41, 5.74) is 5.27. The molecule has 0 aliphatic carbocycles. The third-order valence-corrected chi connectivity index (χ3v) is 12.5. The molecule has 3 N–H and O–H groups in total. The maximum Gasteiger partial charge on any atom is 0.311 e. The Morgan fingerprint density at radius 3 is 1.62 bits per heavy atom. The minimum Gasteiger partial charge on any atom is -0.388 e. The lowest BCUT2D eigenvalue weighted by Gasteiger charge is -2.09. The Balaban J connectivity index is 0.981. The molecular formula is C52H54N12O9+2. The lowest BCUT2D eigenvalue weighted by atomic mass is 10.0. The summed E-state index contributed by atoms with van der Waals surface area (Å²) in [5.74, 6) is 0.517. The average molecular weight is 991 g/mol. The molecule has 0 fully saturated rings. The summed E-state index contributed by atoms with van der Waals surface area (Å²) in [5, 5.41) is 49.2. The normalized spacial score (nSPS) is 12.8. The number of hydrogen-bond acceptors (Lipinski definition) is 16. The first-order valence-electron chi connectivity index (χ1n) is 23.7. The maximum atomic E-state index is 14.7. The van der Waals surface area contributed by atoms with E-state index in [1.807, 2.05) is 86.6 Å². The van der Waals surface area contributed by atoms with E-state index >= 15 is 0 Å². The lowest BCUT2D eigenvalue weighted by molar-refractivity contribution is -0.779. The van der Waals surface area contributed by atoms with Crippen molar-refractivity contribution in [1.29, 1.82) is 0 Å². The summed E-state index contributed by atoms with van der Waals surface area (Å²) in [4.78, 5) is 55.8. The van der Waals surface area contributed by atoms with Gasteiger partial charge in [-0.3, -0.25) is 14.4 Å². The Kier molecular flexibility index (Phi) is 14.9. The predicted octanol–water partition coefficient (Wildman–Crippen LogP) is 2.85. The largest absolute Gasteiger partial charge is 0.388 e. The molecule has 0 aliphatic heterocycles. The van der Waals surface area contributed by atoms with Crippen LogP contribution >= 0.6 is 0 Å². The van der Waals surface area contributed by atoms with Crippen LogP contribution in [0.25, 0.3) is 0 Å². The highest BCUT2D eigenvalue weighted by Gasteiger charge is 2.27. The van der Waals surface area contributed by atoms with Gasteiger partial charge in [-0.1, -0.05) is 106 Å². The van der Waals surface area contributed by atoms with Gasteiger partial charge < -0.3 is 28.9 Å². The number of aliphatic hydroxyl groups is 3. The summed E-state index contributed by atoms with van der Waals surface area (Å²) in [6, 6.07) is 27.8. The standard InChI is InChI=1S/C52H54N12O9/c1-5-35-14-16-38(17-15-35)41(65)26-44-54-45(71-57-44)29-62-51(69)39(18-21-53-62)27-61-23-20-40(52(70)64(61)31-47-56-49(59-73-47)43(67)25-37-12-8-33(3)9-13-37)28-60-22-19-34(4)50(68)63(60)30-46-55-48(58-72-46)42(66)24-36-10-6-32(2)7-11-36/h6-23,41-43,65-67H,5,24-31H2,1-4H3/q+2/t41-,42+,43-/m0/s1. The fourth-order valence-corrected chi connectivity index (χ4v) is 8.18. The first kappa shape index (κ1) is 49.6. The van der Waals surface area contributed by atoms with Gasteiger partial charge in [0.1, 0.15) is 18.8 Å². The van der Waals surface area contributed by atoms with Crippen LogP contribution in [0.15, 0.2) is 138 Å². The molecule has 3 atom stereocenters. The molecular weight excluding hydrogens is 937 g/mol. The van der Waals surface area contributed by atoms with Gasteiger partial charge in [0.15, 0.2) is 31.3 Å². The van der Waals surface area contributed by atoms with Crippen LogP contribution in [0, 0.1) is 20.8 Å². The van der Waals surface area contributed by atoms with Gasteiger partial charge in [0.25, 0.3) is 17.3 Å². The van der Waals surface area contributed by atoms with Gasteiger partial charge in [0, 0.05) is 43.2 Å². The summed E-state index contributed by atoms with van der Waals surface area (Å²) in [6.07, 6.45) is 3.13. The number of aryl methyl sites for hydroxylation is 4. The van der Waals surface area contributed by atoms with E-state index in [1.54, 1.807) is 36.1 Å². The van der Waals surface area contributed by atoms with Crippen LogP contribution in [0.4, 0.5) is 0 Å². The predicted molar refractivity (Wildman–Crippen MR) is 258 cm³/mol. The molecule has 374 valence electrons. The SMILES string of the molecule is CCc1ccc([C@@H](O)Cc2noc(Cn3nccc(C[n+]4ccc(C[n+]5ccc(C)c(=O)n5Cc5nc([C@H](O)Cc6ccc(C)cc6)no5)c(=O)n4Cc4nc([C@@H](O)Cc5ccc(C)cc5)no4)c3=O)n2)cc1. The quantitative estimate of drug-likeness (QED) is 0.0927. The van der Waals surface area contributed by atoms with E-state index in [9.17, 15) is 29.7 Å². The molecule has 73 heavy (non-hydrogen) atoms. The second-order valence-electron chi connectivity index (χ2n) is 18.0. The molecule has 6 heterocycles. The fraction of sp³-hybridized carbons (Fsp3) is 0.308. The molecule has 0 aliphatic rings. The van der Waals surface area contributed by atoms with Gasteiger partial charge in [0.2, 0.25) is 30.6 Å². The van der Waals surface area contributed by atoms with Gasteiger partial charge in [-0.05, 0) is 55.5 Å². The Morgan fingerprint density at radius 1 is 0.534 bits per heavy atom. The van der Waals surface area contributed by atoms with Crippen molar-refractivity contribution < 1.29 is 38.3 Å². The Labute approximate surface area is 416 Å². The Morgan fingerprint density at radius 2 is 1.04 bits per heavy atom. The van der Waals surface area contributed by atoms with Gasteiger partial charge in [0.05, 0.1) is 17.2 Å². The second kappa shape index (κ2) is 21.9. The topological polar surface area (TPSA) is 264 Å². The van der Waals surface area contributed by atoms with E-state index in [1.165, 1.54) is 26.3 Å². The lowest BCUT2D eigenvalue weighted by Crippen LogP contribution is -2.57. The molecule has 0 bridgehead atoms. The zero-order chi connectivity index (χ0) is 51.2. The number of benzene rings is 3. The van der Waals surface area contributed by atoms with Crippen molar-refractivity contribution in [3.8, 4) is 0 Å². The molecule has 0 unspecified atom stereocenters. The maximum absolute atomic E-state index is 14.7. The van der Waals surface area contributed by atoms with E-state index in [0.717, 1.165) is 38.9 Å². The van der Waals surface area contributed by atoms with Crippen molar-refractivity contribution in [2.75, 3.05) is 0 Å². The molecule has 3 aromatic carbocycles. The van der Waals surface area contributed by atoms with Crippen LogP contribution in [0.2, 0.25) is 0 Å². The van der Waals surface area contributed by atoms with Gasteiger partial charge >= 0.3 is 11.1 Å². The van der Waals surface area contributed by atoms with Crippen molar-refractivity contribution in [3.63, 3.8) is 0 Å². The molecule has 21 nitrogen and oxygen atoms in total. The van der Waals surface area contributed by atoms with Crippen molar-refractivity contribution >= 4 is 0 Å². The highest BCUT2D eigenvalue weighted by Crippen LogP contribution is 2.20. The van der Waals surface area contributed by atoms with E-state index in [2.05, 4.69) is 42.4 Å². The molecule has 21 heteroatoms. The van der Waals surface area contributed by atoms with Crippen LogP contribution < -0.4 is 26.0 Å². The molecule has 0 spiro atoms. The molecule has 0 radical (unpaired) electrons. The van der Waals surface area contributed by atoms with E-state index in [0.29, 0.717) is 11.1 Å². The number of rotatable bonds is 20. The Hall–Kier alpha value is -8.40. The summed E-state index contributed by atoms with van der Waals surface area (Å²) >= 11 is 0. The minimum absolute atomic E-state index is 0.00467. The van der Waals surface area contributed by atoms with E-state index in [-0.39, 0.29) is 104 Å². The third kappa shape index (κ3) is 11.9.